The Bertz CT molecular complexity index is 516. The Balaban J connectivity index is 1.94. The molecule has 0 unspecified atom stereocenters. The molecule has 1 aliphatic rings. The Morgan fingerprint density at radius 2 is 1.79 bits per heavy atom. The van der Waals surface area contributed by atoms with Crippen LogP contribution in [0, 0.1) is 0 Å². The normalized spacial score (nSPS) is 19.3. The average molecular weight is 347 g/mol. The monoisotopic (exact) mass is 346 g/mol. The van der Waals surface area contributed by atoms with Crippen molar-refractivity contribution in [2.45, 2.75) is 13.0 Å². The van der Waals surface area contributed by atoms with Crippen molar-refractivity contribution >= 4 is 26.0 Å². The van der Waals surface area contributed by atoms with E-state index in [1.807, 2.05) is 12.1 Å². The van der Waals surface area contributed by atoms with Crippen LogP contribution in [0.15, 0.2) is 28.7 Å². The number of hydrogen-bond donors (Lipinski definition) is 0. The molecule has 1 saturated heterocycles. The van der Waals surface area contributed by atoms with Crippen LogP contribution in [0.1, 0.15) is 12.0 Å². The summed E-state index contributed by atoms with van der Waals surface area (Å²) in [5.41, 5.74) is 1.26. The van der Waals surface area contributed by atoms with E-state index in [1.54, 1.807) is 4.31 Å². The number of benzene rings is 1. The van der Waals surface area contributed by atoms with Crippen LogP contribution in [0.25, 0.3) is 0 Å². The lowest BCUT2D eigenvalue weighted by Crippen LogP contribution is -2.34. The standard InChI is InChI=1S/C13H19BrN2O2S/c1-19(17,18)16-8-2-7-15(9-10-16)11-12-3-5-13(14)6-4-12/h3-6H,2,7-11H2,1H3. The summed E-state index contributed by atoms with van der Waals surface area (Å²) in [5, 5.41) is 0. The van der Waals surface area contributed by atoms with Crippen LogP contribution in [0.2, 0.25) is 0 Å². The molecule has 2 rings (SSSR count). The minimum atomic E-state index is -3.05. The Hall–Kier alpha value is -0.430. The van der Waals surface area contributed by atoms with Gasteiger partial charge in [0, 0.05) is 30.7 Å². The molecule has 0 aliphatic carbocycles. The topological polar surface area (TPSA) is 40.6 Å². The number of halogens is 1. The van der Waals surface area contributed by atoms with E-state index in [1.165, 1.54) is 11.8 Å². The van der Waals surface area contributed by atoms with Crippen LogP contribution in [0.3, 0.4) is 0 Å². The van der Waals surface area contributed by atoms with E-state index in [2.05, 4.69) is 33.0 Å². The highest BCUT2D eigenvalue weighted by Crippen LogP contribution is 2.14. The molecule has 0 saturated carbocycles. The molecule has 0 spiro atoms. The van der Waals surface area contributed by atoms with Gasteiger partial charge in [-0.25, -0.2) is 12.7 Å². The fraction of sp³-hybridized carbons (Fsp3) is 0.538. The molecule has 0 aromatic heterocycles. The fourth-order valence-electron chi connectivity index (χ4n) is 2.29. The molecule has 0 bridgehead atoms. The van der Waals surface area contributed by atoms with Gasteiger partial charge in [0.05, 0.1) is 6.26 Å². The molecular formula is C13H19BrN2O2S. The van der Waals surface area contributed by atoms with Crippen molar-refractivity contribution in [1.82, 2.24) is 9.21 Å². The van der Waals surface area contributed by atoms with Gasteiger partial charge >= 0.3 is 0 Å². The highest BCUT2D eigenvalue weighted by molar-refractivity contribution is 9.10. The summed E-state index contributed by atoms with van der Waals surface area (Å²) >= 11 is 3.43. The molecule has 6 heteroatoms. The number of rotatable bonds is 3. The fourth-order valence-corrected chi connectivity index (χ4v) is 3.42. The van der Waals surface area contributed by atoms with E-state index < -0.39 is 10.0 Å². The minimum Gasteiger partial charge on any atom is -0.298 e. The molecule has 1 aliphatic heterocycles. The predicted octanol–water partition coefficient (Wildman–Crippen LogP) is 1.92. The van der Waals surface area contributed by atoms with Gasteiger partial charge in [-0.1, -0.05) is 28.1 Å². The van der Waals surface area contributed by atoms with Crippen LogP contribution < -0.4 is 0 Å². The molecule has 0 atom stereocenters. The second kappa shape index (κ2) is 6.35. The molecule has 0 amide bonds. The molecule has 106 valence electrons. The molecular weight excluding hydrogens is 328 g/mol. The highest BCUT2D eigenvalue weighted by atomic mass is 79.9. The van der Waals surface area contributed by atoms with Gasteiger partial charge in [0.25, 0.3) is 0 Å². The van der Waals surface area contributed by atoms with Crippen LogP contribution in [0.4, 0.5) is 0 Å². The lowest BCUT2D eigenvalue weighted by molar-refractivity contribution is 0.279. The SMILES string of the molecule is CS(=O)(=O)N1CCCN(Cc2ccc(Br)cc2)CC1. The van der Waals surface area contributed by atoms with Crippen LogP contribution in [-0.4, -0.2) is 50.1 Å². The van der Waals surface area contributed by atoms with Gasteiger partial charge in [0.1, 0.15) is 0 Å². The highest BCUT2D eigenvalue weighted by Gasteiger charge is 2.21. The second-order valence-corrected chi connectivity index (χ2v) is 7.82. The quantitative estimate of drug-likeness (QED) is 0.839. The van der Waals surface area contributed by atoms with Gasteiger partial charge in [-0.05, 0) is 30.7 Å². The zero-order valence-electron chi connectivity index (χ0n) is 11.0. The third-order valence-corrected chi connectivity index (χ3v) is 5.17. The molecule has 1 aromatic rings. The molecule has 1 aromatic carbocycles. The third-order valence-electron chi connectivity index (χ3n) is 3.34. The van der Waals surface area contributed by atoms with Gasteiger partial charge in [-0.2, -0.15) is 0 Å². The molecule has 4 nitrogen and oxygen atoms in total. The van der Waals surface area contributed by atoms with E-state index >= 15 is 0 Å². The maximum Gasteiger partial charge on any atom is 0.211 e. The van der Waals surface area contributed by atoms with Crippen molar-refractivity contribution in [3.8, 4) is 0 Å². The van der Waals surface area contributed by atoms with Crippen LogP contribution >= 0.6 is 15.9 Å². The van der Waals surface area contributed by atoms with E-state index in [0.717, 1.165) is 30.5 Å². The summed E-state index contributed by atoms with van der Waals surface area (Å²) < 4.78 is 25.7. The summed E-state index contributed by atoms with van der Waals surface area (Å²) in [6.45, 7) is 3.85. The van der Waals surface area contributed by atoms with E-state index in [0.29, 0.717) is 13.1 Å². The van der Waals surface area contributed by atoms with Gasteiger partial charge in [-0.15, -0.1) is 0 Å². The van der Waals surface area contributed by atoms with Gasteiger partial charge < -0.3 is 0 Å². The van der Waals surface area contributed by atoms with Crippen molar-refractivity contribution in [3.63, 3.8) is 0 Å². The summed E-state index contributed by atoms with van der Waals surface area (Å²) in [5.74, 6) is 0. The first-order chi connectivity index (χ1) is 8.95. The largest absolute Gasteiger partial charge is 0.298 e. The Kier molecular flexibility index (Phi) is 5.00. The molecule has 1 heterocycles. The molecule has 0 radical (unpaired) electrons. The van der Waals surface area contributed by atoms with Gasteiger partial charge in [0.2, 0.25) is 10.0 Å². The van der Waals surface area contributed by atoms with Gasteiger partial charge in [0.15, 0.2) is 0 Å². The summed E-state index contributed by atoms with van der Waals surface area (Å²) in [4.78, 5) is 2.31. The van der Waals surface area contributed by atoms with Crippen molar-refractivity contribution in [2.75, 3.05) is 32.4 Å². The minimum absolute atomic E-state index is 0.593. The lowest BCUT2D eigenvalue weighted by Gasteiger charge is -2.20. The first-order valence-electron chi connectivity index (χ1n) is 6.37. The summed E-state index contributed by atoms with van der Waals surface area (Å²) in [6.07, 6.45) is 2.18. The Morgan fingerprint density at radius 1 is 1.11 bits per heavy atom. The van der Waals surface area contributed by atoms with Crippen molar-refractivity contribution < 1.29 is 8.42 Å². The van der Waals surface area contributed by atoms with E-state index in [9.17, 15) is 8.42 Å². The molecule has 19 heavy (non-hydrogen) atoms. The second-order valence-electron chi connectivity index (χ2n) is 4.92. The zero-order valence-corrected chi connectivity index (χ0v) is 13.5. The van der Waals surface area contributed by atoms with Crippen molar-refractivity contribution in [2.24, 2.45) is 0 Å². The predicted molar refractivity (Wildman–Crippen MR) is 80.5 cm³/mol. The van der Waals surface area contributed by atoms with Crippen LogP contribution in [-0.2, 0) is 16.6 Å². The smallest absolute Gasteiger partial charge is 0.211 e. The summed E-state index contributed by atoms with van der Waals surface area (Å²) in [6, 6.07) is 8.28. The first-order valence-corrected chi connectivity index (χ1v) is 9.01. The molecule has 0 N–H and O–H groups in total. The lowest BCUT2D eigenvalue weighted by atomic mass is 10.2. The van der Waals surface area contributed by atoms with E-state index in [-0.39, 0.29) is 0 Å². The average Bonchev–Trinajstić information content (AvgIpc) is 2.57. The zero-order chi connectivity index (χ0) is 13.9. The van der Waals surface area contributed by atoms with E-state index in [4.69, 9.17) is 0 Å². The Morgan fingerprint density at radius 3 is 2.42 bits per heavy atom. The van der Waals surface area contributed by atoms with Gasteiger partial charge in [-0.3, -0.25) is 4.90 Å². The molecule has 1 fully saturated rings. The van der Waals surface area contributed by atoms with Crippen LogP contribution in [0.5, 0.6) is 0 Å². The van der Waals surface area contributed by atoms with Crippen molar-refractivity contribution in [1.29, 1.82) is 0 Å². The maximum absolute atomic E-state index is 11.5. The number of sulfonamides is 1. The third kappa shape index (κ3) is 4.56. The first kappa shape index (κ1) is 15.0. The number of nitrogens with zero attached hydrogens (tertiary/aromatic N) is 2. The van der Waals surface area contributed by atoms with Crippen molar-refractivity contribution in [3.05, 3.63) is 34.3 Å². The summed E-state index contributed by atoms with van der Waals surface area (Å²) in [7, 11) is -3.05. The maximum atomic E-state index is 11.5. The Labute approximate surface area is 123 Å². The number of hydrogen-bond acceptors (Lipinski definition) is 3.